The Morgan fingerprint density at radius 3 is 2.90 bits per heavy atom. The number of pyridine rings is 1. The zero-order valence-corrected chi connectivity index (χ0v) is 13.0. The molecule has 5 nitrogen and oxygen atoms in total. The van der Waals surface area contributed by atoms with Crippen molar-refractivity contribution in [3.05, 3.63) is 24.0 Å². The lowest BCUT2D eigenvalue weighted by Gasteiger charge is -2.36. The monoisotopic (exact) mass is 291 g/mol. The average molecular weight is 291 g/mol. The number of hydrogen-bond acceptors (Lipinski definition) is 5. The van der Waals surface area contributed by atoms with Crippen LogP contribution < -0.4 is 4.74 Å². The first-order valence-electron chi connectivity index (χ1n) is 7.82. The zero-order chi connectivity index (χ0) is 14.7. The zero-order valence-electron chi connectivity index (χ0n) is 13.0. The summed E-state index contributed by atoms with van der Waals surface area (Å²) in [6, 6.07) is 3.15. The van der Waals surface area contributed by atoms with Gasteiger partial charge in [0.2, 0.25) is 0 Å². The van der Waals surface area contributed by atoms with E-state index in [4.69, 9.17) is 9.47 Å². The van der Waals surface area contributed by atoms with Crippen LogP contribution in [0.15, 0.2) is 18.5 Å². The van der Waals surface area contributed by atoms with Crippen LogP contribution in [-0.4, -0.2) is 66.8 Å². The first-order valence-corrected chi connectivity index (χ1v) is 7.82. The highest BCUT2D eigenvalue weighted by Crippen LogP contribution is 2.27. The molecule has 0 radical (unpaired) electrons. The third-order valence-corrected chi connectivity index (χ3v) is 4.81. The summed E-state index contributed by atoms with van der Waals surface area (Å²) in [4.78, 5) is 9.37. The van der Waals surface area contributed by atoms with Gasteiger partial charge in [-0.05, 0) is 19.4 Å². The Labute approximate surface area is 126 Å². The van der Waals surface area contributed by atoms with E-state index in [0.717, 1.165) is 45.1 Å². The molecule has 2 aliphatic rings. The van der Waals surface area contributed by atoms with Crippen LogP contribution in [0.4, 0.5) is 0 Å². The van der Waals surface area contributed by atoms with Crippen molar-refractivity contribution in [1.82, 2.24) is 14.8 Å². The number of nitrogens with zero attached hydrogens (tertiary/aromatic N) is 3. The van der Waals surface area contributed by atoms with Gasteiger partial charge in [0.05, 0.1) is 20.3 Å². The van der Waals surface area contributed by atoms with Crippen molar-refractivity contribution in [1.29, 1.82) is 0 Å². The van der Waals surface area contributed by atoms with Crippen molar-refractivity contribution < 1.29 is 9.47 Å². The third-order valence-electron chi connectivity index (χ3n) is 4.81. The van der Waals surface area contributed by atoms with Crippen LogP contribution in [0, 0.1) is 0 Å². The summed E-state index contributed by atoms with van der Waals surface area (Å²) in [7, 11) is 1.72. The fourth-order valence-corrected chi connectivity index (χ4v) is 3.56. The molecule has 0 saturated carbocycles. The molecule has 2 fully saturated rings. The van der Waals surface area contributed by atoms with Crippen molar-refractivity contribution in [2.45, 2.75) is 32.0 Å². The summed E-state index contributed by atoms with van der Waals surface area (Å²) in [6.45, 7) is 8.29. The summed E-state index contributed by atoms with van der Waals surface area (Å²) >= 11 is 0. The number of ether oxygens (including phenoxy) is 2. The molecule has 2 saturated heterocycles. The van der Waals surface area contributed by atoms with Gasteiger partial charge in [-0.15, -0.1) is 0 Å². The first kappa shape index (κ1) is 14.8. The average Bonchev–Trinajstić information content (AvgIpc) is 2.90. The molecule has 0 spiro atoms. The topological polar surface area (TPSA) is 37.8 Å². The predicted molar refractivity (Wildman–Crippen MR) is 81.5 cm³/mol. The molecule has 21 heavy (non-hydrogen) atoms. The van der Waals surface area contributed by atoms with E-state index in [0.29, 0.717) is 12.1 Å². The molecule has 0 aromatic carbocycles. The van der Waals surface area contributed by atoms with Crippen molar-refractivity contribution >= 4 is 0 Å². The maximum atomic E-state index is 5.47. The molecular weight excluding hydrogens is 266 g/mol. The molecule has 3 rings (SSSR count). The summed E-state index contributed by atoms with van der Waals surface area (Å²) in [5.74, 6) is 0.937. The van der Waals surface area contributed by atoms with Crippen LogP contribution in [0.2, 0.25) is 0 Å². The van der Waals surface area contributed by atoms with E-state index < -0.39 is 0 Å². The highest BCUT2D eigenvalue weighted by atomic mass is 16.5. The van der Waals surface area contributed by atoms with Crippen LogP contribution >= 0.6 is 0 Å². The van der Waals surface area contributed by atoms with Crippen LogP contribution in [0.5, 0.6) is 5.75 Å². The number of methoxy groups -OCH3 is 1. The summed E-state index contributed by atoms with van der Waals surface area (Å²) in [5, 5.41) is 0. The molecule has 1 aromatic rings. The maximum absolute atomic E-state index is 5.47. The smallest absolute Gasteiger partial charge is 0.126 e. The molecule has 1 aromatic heterocycles. The van der Waals surface area contributed by atoms with E-state index in [-0.39, 0.29) is 0 Å². The Morgan fingerprint density at radius 2 is 2.14 bits per heavy atom. The standard InChI is InChI=1S/C16H25N3O2/c1-13-15(18-7-9-21-10-8-18)4-6-19(13)12-14-11-17-5-3-16(14)20-2/h3,5,11,13,15H,4,6-10,12H2,1-2H3/t13-,15-/m1/s1. The molecule has 0 aliphatic carbocycles. The number of aromatic nitrogens is 1. The largest absolute Gasteiger partial charge is 0.496 e. The quantitative estimate of drug-likeness (QED) is 0.838. The Bertz CT molecular complexity index is 463. The second-order valence-electron chi connectivity index (χ2n) is 5.90. The van der Waals surface area contributed by atoms with Gasteiger partial charge in [0.1, 0.15) is 5.75 Å². The van der Waals surface area contributed by atoms with Crippen LogP contribution in [0.1, 0.15) is 18.9 Å². The van der Waals surface area contributed by atoms with Crippen molar-refractivity contribution in [2.24, 2.45) is 0 Å². The van der Waals surface area contributed by atoms with Crippen molar-refractivity contribution in [2.75, 3.05) is 40.0 Å². The van der Waals surface area contributed by atoms with Gasteiger partial charge in [0.15, 0.2) is 0 Å². The lowest BCUT2D eigenvalue weighted by molar-refractivity contribution is 0.00981. The van der Waals surface area contributed by atoms with Crippen LogP contribution in [0.3, 0.4) is 0 Å². The summed E-state index contributed by atoms with van der Waals surface area (Å²) < 4.78 is 10.9. The third kappa shape index (κ3) is 3.20. The summed E-state index contributed by atoms with van der Waals surface area (Å²) in [6.07, 6.45) is 4.95. The van der Waals surface area contributed by atoms with Gasteiger partial charge >= 0.3 is 0 Å². The molecule has 5 heteroatoms. The highest BCUT2D eigenvalue weighted by molar-refractivity contribution is 5.30. The Balaban J connectivity index is 1.64. The molecule has 0 bridgehead atoms. The Morgan fingerprint density at radius 1 is 1.33 bits per heavy atom. The van der Waals surface area contributed by atoms with E-state index in [2.05, 4.69) is 21.7 Å². The van der Waals surface area contributed by atoms with E-state index >= 15 is 0 Å². The molecular formula is C16H25N3O2. The number of morpholine rings is 1. The highest BCUT2D eigenvalue weighted by Gasteiger charge is 2.35. The Hall–Kier alpha value is -1.17. The molecule has 0 N–H and O–H groups in total. The fraction of sp³-hybridized carbons (Fsp3) is 0.688. The lowest BCUT2D eigenvalue weighted by Crippen LogP contribution is -2.48. The van der Waals surface area contributed by atoms with Gasteiger partial charge in [-0.3, -0.25) is 14.8 Å². The van der Waals surface area contributed by atoms with Gasteiger partial charge < -0.3 is 9.47 Å². The number of likely N-dealkylation sites (tertiary alicyclic amines) is 1. The van der Waals surface area contributed by atoms with E-state index in [1.54, 1.807) is 13.3 Å². The maximum Gasteiger partial charge on any atom is 0.126 e. The van der Waals surface area contributed by atoms with E-state index in [1.165, 1.54) is 12.0 Å². The van der Waals surface area contributed by atoms with Gasteiger partial charge in [-0.2, -0.15) is 0 Å². The van der Waals surface area contributed by atoms with Gasteiger partial charge in [-0.1, -0.05) is 0 Å². The SMILES string of the molecule is COc1ccncc1CN1CC[C@@H](N2CCOCC2)[C@H]1C. The molecule has 116 valence electrons. The van der Waals surface area contributed by atoms with Crippen LogP contribution in [0.25, 0.3) is 0 Å². The van der Waals surface area contributed by atoms with Gasteiger partial charge in [0, 0.05) is 56.2 Å². The lowest BCUT2D eigenvalue weighted by atomic mass is 10.1. The van der Waals surface area contributed by atoms with Crippen molar-refractivity contribution in [3.8, 4) is 5.75 Å². The minimum absolute atomic E-state index is 0.563. The molecule has 2 aliphatic heterocycles. The van der Waals surface area contributed by atoms with Gasteiger partial charge in [0.25, 0.3) is 0 Å². The first-order chi connectivity index (χ1) is 10.3. The van der Waals surface area contributed by atoms with E-state index in [1.807, 2.05) is 12.3 Å². The fourth-order valence-electron chi connectivity index (χ4n) is 3.56. The molecule has 2 atom stereocenters. The summed E-state index contributed by atoms with van der Waals surface area (Å²) in [5.41, 5.74) is 1.18. The number of rotatable bonds is 4. The van der Waals surface area contributed by atoms with Crippen molar-refractivity contribution in [3.63, 3.8) is 0 Å². The second-order valence-corrected chi connectivity index (χ2v) is 5.90. The molecule has 0 unspecified atom stereocenters. The minimum atomic E-state index is 0.563. The minimum Gasteiger partial charge on any atom is -0.496 e. The molecule has 3 heterocycles. The van der Waals surface area contributed by atoms with E-state index in [9.17, 15) is 0 Å². The molecule has 0 amide bonds. The second kappa shape index (κ2) is 6.73. The number of hydrogen-bond donors (Lipinski definition) is 0. The predicted octanol–water partition coefficient (Wildman–Crippen LogP) is 1.39. The van der Waals surface area contributed by atoms with Crippen LogP contribution in [-0.2, 0) is 11.3 Å². The van der Waals surface area contributed by atoms with Gasteiger partial charge in [-0.25, -0.2) is 0 Å². The normalized spacial score (nSPS) is 27.9. The Kier molecular flexibility index (Phi) is 4.73.